The largest absolute Gasteiger partial charge is 0.245 e. The third-order valence-corrected chi connectivity index (χ3v) is 5.99. The second-order valence-corrected chi connectivity index (χ2v) is 7.17. The Kier molecular flexibility index (Phi) is 4.84. The van der Waals surface area contributed by atoms with Gasteiger partial charge in [0, 0.05) is 6.04 Å². The summed E-state index contributed by atoms with van der Waals surface area (Å²) in [6.45, 7) is -0.191. The van der Waals surface area contributed by atoms with E-state index in [9.17, 15) is 8.42 Å². The minimum absolute atomic E-state index is 0.00925. The molecule has 0 atom stereocenters. The molecule has 5 nitrogen and oxygen atoms in total. The summed E-state index contributed by atoms with van der Waals surface area (Å²) >= 11 is 6.00. The number of halogens is 1. The van der Waals surface area contributed by atoms with Crippen LogP contribution in [0.3, 0.4) is 0 Å². The molecule has 1 aromatic carbocycles. The minimum atomic E-state index is -3.83. The van der Waals surface area contributed by atoms with Crippen LogP contribution in [0.15, 0.2) is 23.1 Å². The van der Waals surface area contributed by atoms with Crippen molar-refractivity contribution < 1.29 is 8.42 Å². The fourth-order valence-corrected chi connectivity index (χ4v) is 4.68. The van der Waals surface area contributed by atoms with Crippen molar-refractivity contribution >= 4 is 21.6 Å². The highest BCUT2D eigenvalue weighted by molar-refractivity contribution is 7.89. The normalized spacial score (nSPS) is 15.8. The first-order chi connectivity index (χ1) is 10.0. The predicted molar refractivity (Wildman–Crippen MR) is 77.9 cm³/mol. The molecular weight excluding hydrogens is 310 g/mol. The third-order valence-electron chi connectivity index (χ3n) is 3.61. The molecule has 0 N–H and O–H groups in total. The number of hydrogen-bond donors (Lipinski definition) is 0. The standard InChI is InChI=1S/C14H14ClN3O2S/c15-13-9-11(10-17)5-6-14(13)21(19,20)18(8-7-16)12-3-1-2-4-12/h5-6,9,12H,1-4,8H2. The molecule has 0 amide bonds. The van der Waals surface area contributed by atoms with Gasteiger partial charge in [-0.1, -0.05) is 24.4 Å². The molecule has 110 valence electrons. The molecular formula is C14H14ClN3O2S. The van der Waals surface area contributed by atoms with Crippen LogP contribution in [0.2, 0.25) is 5.02 Å². The Bertz CT molecular complexity index is 713. The average molecular weight is 324 g/mol. The number of nitriles is 2. The van der Waals surface area contributed by atoms with E-state index in [0.717, 1.165) is 25.7 Å². The van der Waals surface area contributed by atoms with E-state index in [1.165, 1.54) is 22.5 Å². The van der Waals surface area contributed by atoms with E-state index in [1.807, 2.05) is 12.1 Å². The number of benzene rings is 1. The lowest BCUT2D eigenvalue weighted by Crippen LogP contribution is -2.39. The molecule has 1 aliphatic carbocycles. The zero-order valence-electron chi connectivity index (χ0n) is 11.3. The average Bonchev–Trinajstić information content (AvgIpc) is 2.97. The van der Waals surface area contributed by atoms with Crippen LogP contribution in [0.25, 0.3) is 0 Å². The van der Waals surface area contributed by atoms with Gasteiger partial charge in [0.2, 0.25) is 10.0 Å². The maximum absolute atomic E-state index is 12.7. The van der Waals surface area contributed by atoms with Crippen molar-refractivity contribution in [2.24, 2.45) is 0 Å². The Balaban J connectivity index is 2.43. The number of rotatable bonds is 4. The molecule has 7 heteroatoms. The number of sulfonamides is 1. The molecule has 0 aromatic heterocycles. The Morgan fingerprint density at radius 3 is 2.48 bits per heavy atom. The van der Waals surface area contributed by atoms with Crippen LogP contribution in [0.4, 0.5) is 0 Å². The van der Waals surface area contributed by atoms with Crippen molar-refractivity contribution in [3.8, 4) is 12.1 Å². The zero-order valence-corrected chi connectivity index (χ0v) is 12.9. The molecule has 1 aliphatic rings. The SMILES string of the molecule is N#CCN(C1CCCC1)S(=O)(=O)c1ccc(C#N)cc1Cl. The highest BCUT2D eigenvalue weighted by atomic mass is 35.5. The van der Waals surface area contributed by atoms with Gasteiger partial charge >= 0.3 is 0 Å². The highest BCUT2D eigenvalue weighted by Crippen LogP contribution is 2.31. The van der Waals surface area contributed by atoms with Gasteiger partial charge in [0.15, 0.2) is 0 Å². The first-order valence-corrected chi connectivity index (χ1v) is 8.41. The van der Waals surface area contributed by atoms with Gasteiger partial charge in [-0.2, -0.15) is 14.8 Å². The summed E-state index contributed by atoms with van der Waals surface area (Å²) in [5.41, 5.74) is 0.298. The number of hydrogen-bond acceptors (Lipinski definition) is 4. The van der Waals surface area contributed by atoms with Gasteiger partial charge in [0.25, 0.3) is 0 Å². The molecule has 0 spiro atoms. The lowest BCUT2D eigenvalue weighted by molar-refractivity contribution is 0.350. The van der Waals surface area contributed by atoms with Gasteiger partial charge in [-0.25, -0.2) is 8.42 Å². The molecule has 0 radical (unpaired) electrons. The summed E-state index contributed by atoms with van der Waals surface area (Å²) in [6, 6.07) is 7.74. The summed E-state index contributed by atoms with van der Waals surface area (Å²) in [5, 5.41) is 17.7. The maximum Gasteiger partial charge on any atom is 0.245 e. The van der Waals surface area contributed by atoms with Crippen LogP contribution < -0.4 is 0 Å². The molecule has 1 saturated carbocycles. The third kappa shape index (κ3) is 3.19. The lowest BCUT2D eigenvalue weighted by atomic mass is 10.2. The van der Waals surface area contributed by atoms with Crippen molar-refractivity contribution in [2.75, 3.05) is 6.54 Å². The van der Waals surface area contributed by atoms with E-state index in [1.54, 1.807) is 0 Å². The molecule has 0 unspecified atom stereocenters. The molecule has 0 heterocycles. The Morgan fingerprint density at radius 1 is 1.29 bits per heavy atom. The second kappa shape index (κ2) is 6.44. The second-order valence-electron chi connectivity index (χ2n) is 4.90. The van der Waals surface area contributed by atoms with Crippen molar-refractivity contribution in [3.05, 3.63) is 28.8 Å². The van der Waals surface area contributed by atoms with Gasteiger partial charge in [-0.05, 0) is 31.0 Å². The van der Waals surface area contributed by atoms with Crippen LogP contribution >= 0.6 is 11.6 Å². The Morgan fingerprint density at radius 2 is 1.95 bits per heavy atom. The van der Waals surface area contributed by atoms with Crippen LogP contribution in [-0.2, 0) is 10.0 Å². The topological polar surface area (TPSA) is 85.0 Å². The minimum Gasteiger partial charge on any atom is -0.207 e. The van der Waals surface area contributed by atoms with Gasteiger partial charge in [0.1, 0.15) is 11.4 Å². The Hall–Kier alpha value is -1.60. The van der Waals surface area contributed by atoms with Crippen molar-refractivity contribution in [3.63, 3.8) is 0 Å². The van der Waals surface area contributed by atoms with Crippen molar-refractivity contribution in [1.82, 2.24) is 4.31 Å². The molecule has 0 bridgehead atoms. The Labute approximate surface area is 129 Å². The highest BCUT2D eigenvalue weighted by Gasteiger charge is 2.34. The van der Waals surface area contributed by atoms with Gasteiger partial charge in [-0.3, -0.25) is 0 Å². The van der Waals surface area contributed by atoms with Crippen LogP contribution in [0.5, 0.6) is 0 Å². The van der Waals surface area contributed by atoms with Crippen LogP contribution in [0, 0.1) is 22.7 Å². The molecule has 0 aliphatic heterocycles. The summed E-state index contributed by atoms with van der Waals surface area (Å²) in [5.74, 6) is 0. The summed E-state index contributed by atoms with van der Waals surface area (Å²) < 4.78 is 26.7. The lowest BCUT2D eigenvalue weighted by Gasteiger charge is -2.26. The smallest absolute Gasteiger partial charge is 0.207 e. The fraction of sp³-hybridized carbons (Fsp3) is 0.429. The van der Waals surface area contributed by atoms with Crippen molar-refractivity contribution in [1.29, 1.82) is 10.5 Å². The van der Waals surface area contributed by atoms with E-state index in [2.05, 4.69) is 0 Å². The quantitative estimate of drug-likeness (QED) is 0.797. The molecule has 21 heavy (non-hydrogen) atoms. The summed E-state index contributed by atoms with van der Waals surface area (Å²) in [6.07, 6.45) is 3.44. The fourth-order valence-electron chi connectivity index (χ4n) is 2.58. The van der Waals surface area contributed by atoms with Crippen molar-refractivity contribution in [2.45, 2.75) is 36.6 Å². The monoisotopic (exact) mass is 323 g/mol. The van der Waals surface area contributed by atoms with Crippen LogP contribution in [0.1, 0.15) is 31.2 Å². The first kappa shape index (κ1) is 15.8. The van der Waals surface area contributed by atoms with E-state index in [4.69, 9.17) is 22.1 Å². The maximum atomic E-state index is 12.7. The molecule has 1 fully saturated rings. The first-order valence-electron chi connectivity index (χ1n) is 6.59. The predicted octanol–water partition coefficient (Wildman–Crippen LogP) is 2.67. The molecule has 2 rings (SSSR count). The van der Waals surface area contributed by atoms with E-state index >= 15 is 0 Å². The summed E-state index contributed by atoms with van der Waals surface area (Å²) in [7, 11) is -3.83. The van der Waals surface area contributed by atoms with E-state index < -0.39 is 10.0 Å². The number of nitrogens with zero attached hydrogens (tertiary/aromatic N) is 3. The van der Waals surface area contributed by atoms with Gasteiger partial charge in [-0.15, -0.1) is 0 Å². The molecule has 0 saturated heterocycles. The van der Waals surface area contributed by atoms with E-state index in [-0.39, 0.29) is 22.5 Å². The van der Waals surface area contributed by atoms with Gasteiger partial charge < -0.3 is 0 Å². The zero-order chi connectivity index (χ0) is 15.5. The van der Waals surface area contributed by atoms with E-state index in [0.29, 0.717) is 5.56 Å². The van der Waals surface area contributed by atoms with Gasteiger partial charge in [0.05, 0.1) is 22.7 Å². The summed E-state index contributed by atoms with van der Waals surface area (Å²) in [4.78, 5) is -0.0506. The molecule has 1 aromatic rings. The van der Waals surface area contributed by atoms with Crippen LogP contribution in [-0.4, -0.2) is 25.3 Å².